The summed E-state index contributed by atoms with van der Waals surface area (Å²) in [5, 5.41) is 9.02. The van der Waals surface area contributed by atoms with Gasteiger partial charge in [-0.25, -0.2) is 4.98 Å². The first-order chi connectivity index (χ1) is 7.31. The number of aliphatic hydroxyl groups is 1. The van der Waals surface area contributed by atoms with Crippen LogP contribution in [0.15, 0.2) is 10.7 Å². The van der Waals surface area contributed by atoms with Crippen LogP contribution in [0.2, 0.25) is 0 Å². The summed E-state index contributed by atoms with van der Waals surface area (Å²) < 4.78 is 5.49. The molecule has 2 heterocycles. The third kappa shape index (κ3) is 2.55. The van der Waals surface area contributed by atoms with Crippen LogP contribution in [0.3, 0.4) is 0 Å². The summed E-state index contributed by atoms with van der Waals surface area (Å²) in [6, 6.07) is 0. The van der Waals surface area contributed by atoms with Gasteiger partial charge in [0.1, 0.15) is 6.26 Å². The highest BCUT2D eigenvalue weighted by Gasteiger charge is 2.21. The minimum atomic E-state index is 0.0822. The second-order valence-corrected chi connectivity index (χ2v) is 5.26. The van der Waals surface area contributed by atoms with Gasteiger partial charge in [0.05, 0.1) is 12.3 Å². The molecule has 0 spiro atoms. The lowest BCUT2D eigenvalue weighted by molar-refractivity contribution is 0.271. The minimum Gasteiger partial charge on any atom is -0.448 e. The molecular formula is C11H17NO2S. The fraction of sp³-hybridized carbons (Fsp3) is 0.727. The molecule has 1 aromatic heterocycles. The highest BCUT2D eigenvalue weighted by molar-refractivity contribution is 7.99. The fourth-order valence-electron chi connectivity index (χ4n) is 1.74. The molecule has 0 bridgehead atoms. The summed E-state index contributed by atoms with van der Waals surface area (Å²) in [5.74, 6) is 3.80. The molecule has 0 aliphatic carbocycles. The van der Waals surface area contributed by atoms with Gasteiger partial charge in [-0.05, 0) is 18.6 Å². The normalized spacial score (nSPS) is 24.0. The molecule has 15 heavy (non-hydrogen) atoms. The van der Waals surface area contributed by atoms with E-state index in [1.165, 1.54) is 18.6 Å². The van der Waals surface area contributed by atoms with Gasteiger partial charge in [-0.15, -0.1) is 0 Å². The Morgan fingerprint density at radius 3 is 3.27 bits per heavy atom. The molecule has 1 aliphatic rings. The van der Waals surface area contributed by atoms with Crippen molar-refractivity contribution in [3.8, 4) is 0 Å². The van der Waals surface area contributed by atoms with E-state index in [1.807, 2.05) is 18.7 Å². The van der Waals surface area contributed by atoms with Gasteiger partial charge >= 0.3 is 0 Å². The number of aromatic nitrogens is 1. The van der Waals surface area contributed by atoms with Crippen molar-refractivity contribution in [1.29, 1.82) is 0 Å². The molecule has 1 fully saturated rings. The van der Waals surface area contributed by atoms with Crippen LogP contribution >= 0.6 is 11.8 Å². The van der Waals surface area contributed by atoms with E-state index in [0.717, 1.165) is 17.3 Å². The van der Waals surface area contributed by atoms with Crippen molar-refractivity contribution in [3.05, 3.63) is 17.8 Å². The van der Waals surface area contributed by atoms with Gasteiger partial charge in [-0.3, -0.25) is 0 Å². The fourth-order valence-corrected chi connectivity index (χ4v) is 2.87. The van der Waals surface area contributed by atoms with E-state index in [1.54, 1.807) is 6.26 Å². The zero-order valence-electron chi connectivity index (χ0n) is 8.98. The van der Waals surface area contributed by atoms with Crippen LogP contribution in [-0.2, 0) is 0 Å². The predicted octanol–water partition coefficient (Wildman–Crippen LogP) is 2.38. The molecule has 1 N–H and O–H groups in total. The summed E-state index contributed by atoms with van der Waals surface area (Å²) in [6.07, 6.45) is 4.12. The van der Waals surface area contributed by atoms with Gasteiger partial charge in [-0.2, -0.15) is 11.8 Å². The maximum Gasteiger partial charge on any atom is 0.198 e. The first-order valence-electron chi connectivity index (χ1n) is 5.45. The van der Waals surface area contributed by atoms with Crippen molar-refractivity contribution >= 4 is 11.8 Å². The maximum absolute atomic E-state index is 9.02. The van der Waals surface area contributed by atoms with Crippen LogP contribution in [0.5, 0.6) is 0 Å². The van der Waals surface area contributed by atoms with Crippen molar-refractivity contribution in [1.82, 2.24) is 4.98 Å². The zero-order valence-corrected chi connectivity index (χ0v) is 9.80. The van der Waals surface area contributed by atoms with E-state index >= 15 is 0 Å². The molecule has 1 aliphatic heterocycles. The lowest BCUT2D eigenvalue weighted by Gasteiger charge is -2.17. The Morgan fingerprint density at radius 2 is 2.60 bits per heavy atom. The van der Waals surface area contributed by atoms with Crippen molar-refractivity contribution in [2.75, 3.05) is 18.1 Å². The largest absolute Gasteiger partial charge is 0.448 e. The lowest BCUT2D eigenvalue weighted by Crippen LogP contribution is -2.09. The van der Waals surface area contributed by atoms with E-state index in [0.29, 0.717) is 5.92 Å². The molecule has 1 aromatic rings. The van der Waals surface area contributed by atoms with Crippen molar-refractivity contribution in [2.45, 2.75) is 31.6 Å². The van der Waals surface area contributed by atoms with Crippen LogP contribution < -0.4 is 0 Å². The SMILES string of the molecule is CC(CO)c1coc(C2CCCSC2)n1. The lowest BCUT2D eigenvalue weighted by atomic mass is 10.1. The third-order valence-corrected chi connectivity index (χ3v) is 4.04. The second kappa shape index (κ2) is 5.03. The zero-order chi connectivity index (χ0) is 10.7. The monoisotopic (exact) mass is 227 g/mol. The third-order valence-electron chi connectivity index (χ3n) is 2.83. The first kappa shape index (κ1) is 11.0. The Labute approximate surface area is 94.3 Å². The summed E-state index contributed by atoms with van der Waals surface area (Å²) in [5.41, 5.74) is 0.878. The van der Waals surface area contributed by atoms with Crippen LogP contribution in [0.1, 0.15) is 43.2 Å². The average molecular weight is 227 g/mol. The minimum absolute atomic E-state index is 0.0822. The van der Waals surface area contributed by atoms with E-state index in [2.05, 4.69) is 4.98 Å². The molecule has 0 aromatic carbocycles. The van der Waals surface area contributed by atoms with Crippen molar-refractivity contribution in [2.24, 2.45) is 0 Å². The number of hydrogen-bond donors (Lipinski definition) is 1. The van der Waals surface area contributed by atoms with Crippen LogP contribution in [0.4, 0.5) is 0 Å². The van der Waals surface area contributed by atoms with Crippen LogP contribution in [0, 0.1) is 0 Å². The Balaban J connectivity index is 2.05. The molecule has 84 valence electrons. The molecule has 2 rings (SSSR count). The smallest absolute Gasteiger partial charge is 0.198 e. The summed E-state index contributed by atoms with van der Waals surface area (Å²) >= 11 is 1.97. The van der Waals surface area contributed by atoms with Gasteiger partial charge in [0.25, 0.3) is 0 Å². The number of oxazole rings is 1. The first-order valence-corrected chi connectivity index (χ1v) is 6.60. The van der Waals surface area contributed by atoms with Crippen LogP contribution in [0.25, 0.3) is 0 Å². The van der Waals surface area contributed by atoms with Crippen LogP contribution in [-0.4, -0.2) is 28.2 Å². The molecule has 0 saturated carbocycles. The van der Waals surface area contributed by atoms with E-state index in [-0.39, 0.29) is 12.5 Å². The van der Waals surface area contributed by atoms with Gasteiger partial charge in [0, 0.05) is 17.6 Å². The molecule has 1 saturated heterocycles. The number of aliphatic hydroxyl groups excluding tert-OH is 1. The number of rotatable bonds is 3. The second-order valence-electron chi connectivity index (χ2n) is 4.11. The van der Waals surface area contributed by atoms with Crippen molar-refractivity contribution in [3.63, 3.8) is 0 Å². The number of nitrogens with zero attached hydrogens (tertiary/aromatic N) is 1. The summed E-state index contributed by atoms with van der Waals surface area (Å²) in [6.45, 7) is 2.09. The molecule has 2 unspecified atom stereocenters. The van der Waals surface area contributed by atoms with E-state index in [9.17, 15) is 0 Å². The summed E-state index contributed by atoms with van der Waals surface area (Å²) in [4.78, 5) is 4.46. The Kier molecular flexibility index (Phi) is 3.70. The topological polar surface area (TPSA) is 46.3 Å². The molecule has 0 amide bonds. The van der Waals surface area contributed by atoms with Crippen molar-refractivity contribution < 1.29 is 9.52 Å². The van der Waals surface area contributed by atoms with Gasteiger partial charge in [0.15, 0.2) is 5.89 Å². The molecular weight excluding hydrogens is 210 g/mol. The standard InChI is InChI=1S/C11H17NO2S/c1-8(5-13)10-6-14-11(12-10)9-3-2-4-15-7-9/h6,8-9,13H,2-5,7H2,1H3. The maximum atomic E-state index is 9.02. The quantitative estimate of drug-likeness (QED) is 0.861. The van der Waals surface area contributed by atoms with Gasteiger partial charge in [0.2, 0.25) is 0 Å². The Morgan fingerprint density at radius 1 is 1.73 bits per heavy atom. The molecule has 4 heteroatoms. The Hall–Kier alpha value is -0.480. The molecule has 0 radical (unpaired) electrons. The summed E-state index contributed by atoms with van der Waals surface area (Å²) in [7, 11) is 0. The highest BCUT2D eigenvalue weighted by atomic mass is 32.2. The average Bonchev–Trinajstić information content (AvgIpc) is 2.78. The highest BCUT2D eigenvalue weighted by Crippen LogP contribution is 2.31. The van der Waals surface area contributed by atoms with E-state index in [4.69, 9.17) is 9.52 Å². The van der Waals surface area contributed by atoms with Gasteiger partial charge in [-0.1, -0.05) is 6.92 Å². The predicted molar refractivity (Wildman–Crippen MR) is 61.3 cm³/mol. The van der Waals surface area contributed by atoms with Gasteiger partial charge < -0.3 is 9.52 Å². The van der Waals surface area contributed by atoms with E-state index < -0.39 is 0 Å². The number of thioether (sulfide) groups is 1. The number of hydrogen-bond acceptors (Lipinski definition) is 4. The molecule has 3 nitrogen and oxygen atoms in total. The molecule has 2 atom stereocenters. The Bertz CT molecular complexity index is 307.